The van der Waals surface area contributed by atoms with Crippen LogP contribution in [0.25, 0.3) is 28.4 Å². The molecule has 0 spiro atoms. The Kier molecular flexibility index (Phi) is 40.7. The van der Waals surface area contributed by atoms with Crippen LogP contribution in [0.1, 0.15) is 86.9 Å². The monoisotopic (exact) mass is 2130 g/mol. The van der Waals surface area contributed by atoms with Crippen LogP contribution in [-0.2, 0) is 238 Å². The Bertz CT molecular complexity index is 6300. The first kappa shape index (κ1) is 103. The van der Waals surface area contributed by atoms with E-state index >= 15 is 0 Å². The number of halogens is 5. The van der Waals surface area contributed by atoms with Crippen LogP contribution in [0.2, 0.25) is 20.1 Å². The molecule has 1 fully saturated rings. The van der Waals surface area contributed by atoms with Gasteiger partial charge in [-0.2, -0.15) is 172 Å². The van der Waals surface area contributed by atoms with Gasteiger partial charge in [0.1, 0.15) is 33.0 Å². The number of aryl methyl sites for hydroxylation is 9. The van der Waals surface area contributed by atoms with Crippen molar-refractivity contribution in [3.63, 3.8) is 0 Å². The van der Waals surface area contributed by atoms with Gasteiger partial charge < -0.3 is 23.7 Å². The average Bonchev–Trinajstić information content (AvgIpc) is 1.61. The fourth-order valence-corrected chi connectivity index (χ4v) is 12.8. The fourth-order valence-electron chi connectivity index (χ4n) is 12.1. The van der Waals surface area contributed by atoms with E-state index in [-0.39, 0.29) is 218 Å². The van der Waals surface area contributed by atoms with E-state index in [4.69, 9.17) is 70.1 Å². The number of hydrogen-bond acceptors (Lipinski definition) is 20. The molecule has 0 amide bonds. The second-order valence-corrected chi connectivity index (χ2v) is 28.4. The largest absolute Gasteiger partial charge is 0.514 e. The van der Waals surface area contributed by atoms with Crippen molar-refractivity contribution in [3.05, 3.63) is 346 Å². The molecule has 0 bridgehead atoms. The number of ether oxygens (including phenoxy) is 5. The molecule has 10 aromatic carbocycles. The van der Waals surface area contributed by atoms with Crippen molar-refractivity contribution in [2.24, 2.45) is 35.2 Å². The molecule has 5 radical (unpaired) electrons. The summed E-state index contributed by atoms with van der Waals surface area (Å²) in [5.41, 5.74) is 11.5. The summed E-state index contributed by atoms with van der Waals surface area (Å²) in [6.45, 7) is 10.8. The van der Waals surface area contributed by atoms with Crippen LogP contribution in [0.3, 0.4) is 0 Å². The number of rotatable bonds is 22. The first-order valence-electron chi connectivity index (χ1n) is 36.8. The van der Waals surface area contributed by atoms with E-state index in [0.717, 1.165) is 74.0 Å². The topological polar surface area (TPSA) is 310 Å². The number of benzene rings is 10. The standard InChI is InChI=1S/C18H16ClN4O2.C17H16ClN4O2.C17H16FN4O2.2C16H14ClN4O2.5Y/c1-22-18(24)23(21-20-22)16-7-4-5-13(12-9-10-12)14(16)11-25-17-8-3-2-6-15(17)19;1-3-12-7-6-9-15(22-17(23)21(2)19-20-22)13(12)11-24-16-10-5-4-8-14(16)18;1-11-6-4-8-15(22-17(23)21(3)19-20-22)13(11)10-24-16-9-5-7-14(18)12(16)2;2*1-11-6-5-8-14(21-16(22)20(2)18-19-21)12(11)10-23-15-9-4-3-7-13(15)17;;;;;/h3-8,12H,9-11H2,1H3;5-10H,3,11H2,1-2H3;4-6,8-9H,10H2,1-3H3;2*4-9H,10H2,1-2H3;;;;;/q5*-1;;;;;. The molecule has 627 valence electrons. The van der Waals surface area contributed by atoms with Gasteiger partial charge in [0, 0.05) is 261 Å². The van der Waals surface area contributed by atoms with E-state index in [1.165, 1.54) is 60.8 Å². The smallest absolute Gasteiger partial charge is 0.368 e. The van der Waals surface area contributed by atoms with Crippen molar-refractivity contribution < 1.29 is 192 Å². The predicted molar refractivity (Wildman–Crippen MR) is 441 cm³/mol. The molecule has 16 rings (SSSR count). The number of nitrogens with zero attached hydrogens (tertiary/aromatic N) is 20. The molecule has 1 aliphatic rings. The molecule has 0 saturated heterocycles. The third-order valence-electron chi connectivity index (χ3n) is 18.8. The normalized spacial score (nSPS) is 11.0. The van der Waals surface area contributed by atoms with E-state index in [9.17, 15) is 28.4 Å². The quantitative estimate of drug-likeness (QED) is 0.0569. The van der Waals surface area contributed by atoms with Crippen molar-refractivity contribution in [1.29, 1.82) is 0 Å². The maximum absolute atomic E-state index is 13.6. The zero-order valence-corrected chi connectivity index (χ0v) is 86.0. The minimum atomic E-state index is -0.442. The molecule has 15 aromatic rings. The zero-order chi connectivity index (χ0) is 84.6. The minimum Gasteiger partial charge on any atom is -0.514 e. The molecule has 1 saturated carbocycles. The number of hydrogen-bond donors (Lipinski definition) is 0. The summed E-state index contributed by atoms with van der Waals surface area (Å²) in [4.78, 5) is 60.8. The van der Waals surface area contributed by atoms with Gasteiger partial charge in [0.2, 0.25) is 0 Å². The second-order valence-electron chi connectivity index (χ2n) is 26.7. The second kappa shape index (κ2) is 48.9. The Hall–Kier alpha value is -7.84. The molecule has 0 aliphatic heterocycles. The third-order valence-corrected chi connectivity index (χ3v) is 20.0. The van der Waals surface area contributed by atoms with Gasteiger partial charge >= 0.3 is 28.4 Å². The van der Waals surface area contributed by atoms with Gasteiger partial charge in [0.15, 0.2) is 0 Å². The van der Waals surface area contributed by atoms with Crippen molar-refractivity contribution >= 4 is 46.4 Å². The summed E-state index contributed by atoms with van der Waals surface area (Å²) in [6.07, 6.45) is 3.09. The first-order valence-corrected chi connectivity index (χ1v) is 38.3. The van der Waals surface area contributed by atoms with E-state index in [2.05, 4.69) is 88.5 Å². The Balaban J connectivity index is 0.000000211. The van der Waals surface area contributed by atoms with Crippen LogP contribution in [0.15, 0.2) is 200 Å². The number of aromatic nitrogens is 20. The maximum atomic E-state index is 13.6. The van der Waals surface area contributed by atoms with Crippen LogP contribution in [0.4, 0.5) is 4.39 Å². The molecule has 5 heterocycles. The SMILES string of the molecule is CCc1cccc(-n2nnn(C)c2=O)c1COc1cc[c-]cc1Cl.Cc1cccc(-n2nnn(C)c2=O)c1COc1cc[c-]c(F)c1C.Cc1cccc(-n2nnn(C)c2=O)c1COc1cc[c-]cc1Cl.Cc1cccc(-n2nnn(C)c2=O)c1COc1cc[c-]cc1Cl.Cn1nnn(-c2cccc(C3CC3)c2COc2cc[c-]cc2Cl)c1=O.[Y].[Y].[Y].[Y].[Y]. The Morgan fingerprint density at radius 1 is 0.355 bits per heavy atom. The van der Waals surface area contributed by atoms with Crippen molar-refractivity contribution in [1.82, 2.24) is 99.0 Å². The van der Waals surface area contributed by atoms with E-state index < -0.39 is 5.82 Å². The third kappa shape index (κ3) is 25.6. The van der Waals surface area contributed by atoms with Crippen LogP contribution < -0.4 is 52.1 Å². The molecule has 0 atom stereocenters. The van der Waals surface area contributed by atoms with Gasteiger partial charge in [-0.25, -0.2) is 28.4 Å². The molecular formula is C84H76Cl4FN20O10Y5-5. The Morgan fingerprint density at radius 2 is 0.621 bits per heavy atom. The van der Waals surface area contributed by atoms with Gasteiger partial charge in [-0.1, -0.05) is 80.1 Å². The van der Waals surface area contributed by atoms with E-state index in [1.807, 2.05) is 107 Å². The number of tetrazole rings is 5. The molecule has 124 heavy (non-hydrogen) atoms. The summed E-state index contributed by atoms with van der Waals surface area (Å²) < 4.78 is 54.9. The minimum absolute atomic E-state index is 0. The van der Waals surface area contributed by atoms with Gasteiger partial charge in [0.05, 0.1) is 28.4 Å². The molecule has 0 unspecified atom stereocenters. The molecule has 5 aromatic heterocycles. The summed E-state index contributed by atoms with van der Waals surface area (Å²) in [6, 6.07) is 66.1. The molecule has 40 heteroatoms. The van der Waals surface area contributed by atoms with Gasteiger partial charge in [-0.05, 0) is 176 Å². The fraction of sp³-hybridized carbons (Fsp3) is 0.226. The van der Waals surface area contributed by atoms with Gasteiger partial charge in [-0.3, -0.25) is 0 Å². The van der Waals surface area contributed by atoms with Crippen LogP contribution in [0, 0.1) is 63.8 Å². The predicted octanol–water partition coefficient (Wildman–Crippen LogP) is 12.1. The van der Waals surface area contributed by atoms with Crippen molar-refractivity contribution in [3.8, 4) is 57.2 Å². The maximum Gasteiger partial charge on any atom is 0.368 e. The van der Waals surface area contributed by atoms with Crippen LogP contribution >= 0.6 is 46.4 Å². The molecule has 30 nitrogen and oxygen atoms in total. The Labute approximate surface area is 857 Å². The molecule has 1 aliphatic carbocycles. The summed E-state index contributed by atoms with van der Waals surface area (Å²) >= 11 is 24.4. The van der Waals surface area contributed by atoms with Crippen molar-refractivity contribution in [2.45, 2.75) is 92.8 Å². The molecule has 0 N–H and O–H groups in total. The van der Waals surface area contributed by atoms with Crippen molar-refractivity contribution in [2.75, 3.05) is 0 Å². The van der Waals surface area contributed by atoms with E-state index in [0.29, 0.717) is 95.4 Å². The van der Waals surface area contributed by atoms with Crippen LogP contribution in [-0.4, -0.2) is 99.0 Å². The van der Waals surface area contributed by atoms with E-state index in [1.54, 1.807) is 120 Å². The molecular weight excluding hydrogens is 2050 g/mol. The summed E-state index contributed by atoms with van der Waals surface area (Å²) in [5.74, 6) is 2.78. The van der Waals surface area contributed by atoms with Gasteiger partial charge in [-0.15, -0.1) is 36.4 Å². The van der Waals surface area contributed by atoms with Gasteiger partial charge in [0.25, 0.3) is 0 Å². The average molecular weight is 2130 g/mol. The zero-order valence-electron chi connectivity index (χ0n) is 68.8. The Morgan fingerprint density at radius 3 is 0.911 bits per heavy atom. The summed E-state index contributed by atoms with van der Waals surface area (Å²) in [5, 5.41) is 40.3. The first-order chi connectivity index (χ1) is 57.4. The summed E-state index contributed by atoms with van der Waals surface area (Å²) in [7, 11) is 7.78. The van der Waals surface area contributed by atoms with Crippen LogP contribution in [0.5, 0.6) is 28.7 Å².